The van der Waals surface area contributed by atoms with E-state index in [1.165, 1.54) is 5.56 Å². The zero-order valence-corrected chi connectivity index (χ0v) is 19.6. The minimum absolute atomic E-state index is 0. The normalized spacial score (nSPS) is 9.55. The molecular weight excluding hydrogens is 457 g/mol. The Bertz CT molecular complexity index is 833. The summed E-state index contributed by atoms with van der Waals surface area (Å²) in [5.74, 6) is 1.02. The molecule has 0 radical (unpaired) electrons. The number of guanidine groups is 1. The van der Waals surface area contributed by atoms with Gasteiger partial charge in [-0.2, -0.15) is 0 Å². The van der Waals surface area contributed by atoms with Crippen molar-refractivity contribution in [2.45, 2.75) is 19.4 Å². The van der Waals surface area contributed by atoms with Crippen LogP contribution in [-0.2, 0) is 13.0 Å². The SMILES string of the molecule is Cl.Cl.Cl.N=C(N)N(CCCc1c[nH]cn1)CCN(Cc1ccccc1)c1ccccn1. The molecule has 3 aromatic rings. The summed E-state index contributed by atoms with van der Waals surface area (Å²) >= 11 is 0. The Labute approximate surface area is 202 Å². The topological polar surface area (TPSA) is 97.9 Å². The van der Waals surface area contributed by atoms with Gasteiger partial charge in [-0.1, -0.05) is 36.4 Å². The number of aryl methyl sites for hydroxylation is 1. The second kappa shape index (κ2) is 15.3. The number of halogens is 3. The van der Waals surface area contributed by atoms with Crippen LogP contribution in [0.15, 0.2) is 67.3 Å². The molecule has 7 nitrogen and oxygen atoms in total. The number of nitrogens with zero attached hydrogens (tertiary/aromatic N) is 4. The van der Waals surface area contributed by atoms with Crippen LogP contribution in [-0.4, -0.2) is 45.4 Å². The van der Waals surface area contributed by atoms with E-state index in [9.17, 15) is 0 Å². The molecule has 0 atom stereocenters. The minimum atomic E-state index is 0. The second-order valence-electron chi connectivity index (χ2n) is 6.63. The number of rotatable bonds is 10. The highest BCUT2D eigenvalue weighted by Gasteiger charge is 2.13. The maximum Gasteiger partial charge on any atom is 0.188 e. The summed E-state index contributed by atoms with van der Waals surface area (Å²) < 4.78 is 0. The van der Waals surface area contributed by atoms with Gasteiger partial charge in [-0.15, -0.1) is 37.2 Å². The third-order valence-electron chi connectivity index (χ3n) is 4.59. The highest BCUT2D eigenvalue weighted by atomic mass is 35.5. The molecule has 0 unspecified atom stereocenters. The number of pyridine rings is 1. The van der Waals surface area contributed by atoms with Gasteiger partial charge < -0.3 is 20.5 Å². The fraction of sp³-hybridized carbons (Fsp3) is 0.286. The number of aromatic nitrogens is 3. The van der Waals surface area contributed by atoms with Gasteiger partial charge >= 0.3 is 0 Å². The fourth-order valence-electron chi connectivity index (χ4n) is 3.09. The van der Waals surface area contributed by atoms with E-state index in [1.54, 1.807) is 12.5 Å². The first-order valence-electron chi connectivity index (χ1n) is 9.49. The molecule has 0 fully saturated rings. The number of benzene rings is 1. The van der Waals surface area contributed by atoms with Gasteiger partial charge in [-0.05, 0) is 30.5 Å². The summed E-state index contributed by atoms with van der Waals surface area (Å²) in [5.41, 5.74) is 8.08. The first-order valence-corrected chi connectivity index (χ1v) is 9.49. The van der Waals surface area contributed by atoms with Crippen LogP contribution >= 0.6 is 37.2 Å². The highest BCUT2D eigenvalue weighted by Crippen LogP contribution is 2.14. The number of nitrogens with one attached hydrogen (secondary N) is 2. The summed E-state index contributed by atoms with van der Waals surface area (Å²) in [7, 11) is 0. The Hall–Kier alpha value is -2.48. The van der Waals surface area contributed by atoms with Crippen LogP contribution in [0.1, 0.15) is 17.7 Å². The lowest BCUT2D eigenvalue weighted by Gasteiger charge is -2.29. The van der Waals surface area contributed by atoms with E-state index in [0.29, 0.717) is 6.54 Å². The van der Waals surface area contributed by atoms with Crippen LogP contribution in [0.3, 0.4) is 0 Å². The van der Waals surface area contributed by atoms with Crippen molar-refractivity contribution >= 4 is 49.0 Å². The van der Waals surface area contributed by atoms with E-state index < -0.39 is 0 Å². The van der Waals surface area contributed by atoms with Crippen molar-refractivity contribution in [1.29, 1.82) is 5.41 Å². The molecular formula is C21H30Cl3N7. The van der Waals surface area contributed by atoms with Crippen LogP contribution in [0.4, 0.5) is 5.82 Å². The predicted octanol–water partition coefficient (Wildman–Crippen LogP) is 3.90. The molecule has 10 heteroatoms. The van der Waals surface area contributed by atoms with E-state index in [4.69, 9.17) is 11.1 Å². The van der Waals surface area contributed by atoms with E-state index in [0.717, 1.165) is 44.0 Å². The van der Waals surface area contributed by atoms with Crippen LogP contribution < -0.4 is 10.6 Å². The van der Waals surface area contributed by atoms with Crippen LogP contribution in [0.2, 0.25) is 0 Å². The smallest absolute Gasteiger partial charge is 0.188 e. The van der Waals surface area contributed by atoms with E-state index in [1.807, 2.05) is 47.5 Å². The van der Waals surface area contributed by atoms with Crippen molar-refractivity contribution in [2.24, 2.45) is 5.73 Å². The van der Waals surface area contributed by atoms with Crippen molar-refractivity contribution in [2.75, 3.05) is 24.5 Å². The lowest BCUT2D eigenvalue weighted by Crippen LogP contribution is -2.42. The third-order valence-corrected chi connectivity index (χ3v) is 4.59. The zero-order chi connectivity index (χ0) is 19.6. The Morgan fingerprint density at radius 1 is 0.935 bits per heavy atom. The zero-order valence-electron chi connectivity index (χ0n) is 17.2. The molecule has 0 spiro atoms. The van der Waals surface area contributed by atoms with Gasteiger partial charge in [0.25, 0.3) is 0 Å². The van der Waals surface area contributed by atoms with E-state index in [-0.39, 0.29) is 43.2 Å². The molecule has 0 aliphatic rings. The van der Waals surface area contributed by atoms with Gasteiger partial charge in [0.05, 0.1) is 12.0 Å². The Kier molecular flexibility index (Phi) is 14.1. The number of anilines is 1. The van der Waals surface area contributed by atoms with Gasteiger partial charge in [-0.3, -0.25) is 5.41 Å². The molecule has 1 aromatic carbocycles. The third kappa shape index (κ3) is 9.46. The average Bonchev–Trinajstić information content (AvgIpc) is 3.24. The molecule has 3 rings (SSSR count). The molecule has 0 aliphatic heterocycles. The first-order chi connectivity index (χ1) is 13.7. The minimum Gasteiger partial charge on any atom is -0.370 e. The van der Waals surface area contributed by atoms with E-state index in [2.05, 4.69) is 32.0 Å². The summed E-state index contributed by atoms with van der Waals surface area (Å²) in [6, 6.07) is 16.3. The van der Waals surface area contributed by atoms with Gasteiger partial charge in [0.2, 0.25) is 0 Å². The Balaban J connectivity index is 0.00000300. The standard InChI is InChI=1S/C21H27N7.3ClH/c22-21(23)27(12-6-9-19-15-24-17-26-19)13-14-28(20-10-4-5-11-25-20)16-18-7-2-1-3-8-18;;;/h1-5,7-8,10-11,15,17H,6,9,12-14,16H2,(H3,22,23)(H,24,26);3*1H. The average molecular weight is 487 g/mol. The Morgan fingerprint density at radius 3 is 2.29 bits per heavy atom. The number of hydrogen-bond acceptors (Lipinski definition) is 4. The molecule has 0 saturated heterocycles. The quantitative estimate of drug-likeness (QED) is 0.298. The molecule has 2 heterocycles. The maximum absolute atomic E-state index is 7.92. The summed E-state index contributed by atoms with van der Waals surface area (Å²) in [4.78, 5) is 15.8. The van der Waals surface area contributed by atoms with E-state index >= 15 is 0 Å². The second-order valence-corrected chi connectivity index (χ2v) is 6.63. The predicted molar refractivity (Wildman–Crippen MR) is 134 cm³/mol. The molecule has 0 amide bonds. The van der Waals surface area contributed by atoms with Gasteiger partial charge in [-0.25, -0.2) is 9.97 Å². The van der Waals surface area contributed by atoms with Crippen molar-refractivity contribution in [3.63, 3.8) is 0 Å². The Morgan fingerprint density at radius 2 is 1.68 bits per heavy atom. The van der Waals surface area contributed by atoms with Crippen molar-refractivity contribution in [3.8, 4) is 0 Å². The lowest BCUT2D eigenvalue weighted by molar-refractivity contribution is 0.405. The highest BCUT2D eigenvalue weighted by molar-refractivity contribution is 5.86. The lowest BCUT2D eigenvalue weighted by atomic mass is 10.2. The van der Waals surface area contributed by atoms with Crippen LogP contribution in [0.25, 0.3) is 0 Å². The largest absolute Gasteiger partial charge is 0.370 e. The van der Waals surface area contributed by atoms with Crippen molar-refractivity contribution < 1.29 is 0 Å². The van der Waals surface area contributed by atoms with Gasteiger partial charge in [0, 0.05) is 38.6 Å². The van der Waals surface area contributed by atoms with Crippen LogP contribution in [0.5, 0.6) is 0 Å². The first kappa shape index (κ1) is 28.5. The van der Waals surface area contributed by atoms with Crippen LogP contribution in [0, 0.1) is 5.41 Å². The fourth-order valence-corrected chi connectivity index (χ4v) is 3.09. The summed E-state index contributed by atoms with van der Waals surface area (Å²) in [6.07, 6.45) is 7.15. The van der Waals surface area contributed by atoms with Gasteiger partial charge in [0.15, 0.2) is 5.96 Å². The summed E-state index contributed by atoms with van der Waals surface area (Å²) in [6.45, 7) is 2.88. The van der Waals surface area contributed by atoms with Crippen molar-refractivity contribution in [1.82, 2.24) is 19.9 Å². The monoisotopic (exact) mass is 485 g/mol. The summed E-state index contributed by atoms with van der Waals surface area (Å²) in [5, 5.41) is 7.92. The molecule has 0 bridgehead atoms. The number of imidazole rings is 1. The number of nitrogens with two attached hydrogens (primary N) is 1. The molecule has 2 aromatic heterocycles. The number of H-pyrrole nitrogens is 1. The molecule has 0 saturated carbocycles. The molecule has 0 aliphatic carbocycles. The van der Waals surface area contributed by atoms with Crippen molar-refractivity contribution in [3.05, 3.63) is 78.5 Å². The molecule has 170 valence electrons. The van der Waals surface area contributed by atoms with Gasteiger partial charge in [0.1, 0.15) is 5.82 Å². The number of aromatic amines is 1. The number of hydrogen-bond donors (Lipinski definition) is 3. The maximum atomic E-state index is 7.92. The molecule has 31 heavy (non-hydrogen) atoms. The molecule has 4 N–H and O–H groups in total.